The predicted octanol–water partition coefficient (Wildman–Crippen LogP) is 5.03. The molecule has 9 heteroatoms. The number of rotatable bonds is 6. The van der Waals surface area contributed by atoms with Gasteiger partial charge in [0.1, 0.15) is 17.5 Å². The van der Waals surface area contributed by atoms with Crippen LogP contribution >= 0.6 is 11.3 Å². The van der Waals surface area contributed by atoms with Gasteiger partial charge in [-0.3, -0.25) is 9.36 Å². The molecule has 1 aliphatic carbocycles. The molecule has 0 saturated heterocycles. The molecule has 8 nitrogen and oxygen atoms in total. The lowest BCUT2D eigenvalue weighted by molar-refractivity contribution is 0.0926. The average molecular weight is 486 g/mol. The molecule has 0 aromatic carbocycles. The Hall–Kier alpha value is -3.77. The van der Waals surface area contributed by atoms with Crippen LogP contribution in [0.25, 0.3) is 16.9 Å². The molecule has 1 saturated carbocycles. The zero-order valence-corrected chi connectivity index (χ0v) is 20.5. The monoisotopic (exact) mass is 485 g/mol. The molecule has 2 N–H and O–H groups in total. The minimum Gasteiger partial charge on any atom is -0.382 e. The number of carbonyl (C=O) groups is 1. The molecule has 4 aromatic rings. The first-order valence-electron chi connectivity index (χ1n) is 11.9. The maximum Gasteiger partial charge on any atom is 0.255 e. The molecule has 4 heterocycles. The Morgan fingerprint density at radius 3 is 2.71 bits per heavy atom. The number of pyridine rings is 2. The molecule has 1 fully saturated rings. The summed E-state index contributed by atoms with van der Waals surface area (Å²) in [6, 6.07) is 8.00. The molecule has 178 valence electrons. The lowest BCUT2D eigenvalue weighted by atomic mass is 9.86. The van der Waals surface area contributed by atoms with Crippen LogP contribution in [0.2, 0.25) is 0 Å². The SMILES string of the molecule is CC(C)Nc1cc(-n2ccc3cc(C#N)cnc32)ncc1C(=O)N[C@H]1CC[C@H](c2nccs2)CC1. The summed E-state index contributed by atoms with van der Waals surface area (Å²) in [6.07, 6.45) is 10.9. The van der Waals surface area contributed by atoms with E-state index >= 15 is 0 Å². The molecule has 0 aliphatic heterocycles. The third-order valence-electron chi connectivity index (χ3n) is 6.34. The van der Waals surface area contributed by atoms with E-state index in [1.807, 2.05) is 48.3 Å². The van der Waals surface area contributed by atoms with Crippen LogP contribution in [0.5, 0.6) is 0 Å². The quantitative estimate of drug-likeness (QED) is 0.397. The van der Waals surface area contributed by atoms with E-state index in [1.54, 1.807) is 29.8 Å². The van der Waals surface area contributed by atoms with Gasteiger partial charge in [0.25, 0.3) is 5.91 Å². The standard InChI is InChI=1S/C26H27N7OS/c1-16(2)31-22-12-23(33-9-7-19-11-17(13-27)14-30-24(19)33)29-15-21(22)25(34)32-20-5-3-18(4-6-20)26-28-8-10-35-26/h7-12,14-16,18,20H,3-6H2,1-2H3,(H,29,31)(H,32,34)/t18-,20-. The van der Waals surface area contributed by atoms with Crippen LogP contribution in [-0.2, 0) is 0 Å². The van der Waals surface area contributed by atoms with Gasteiger partial charge in [0.2, 0.25) is 0 Å². The maximum atomic E-state index is 13.3. The number of nitrogens with zero attached hydrogens (tertiary/aromatic N) is 5. The van der Waals surface area contributed by atoms with Gasteiger partial charge in [0.05, 0.1) is 21.8 Å². The molecule has 1 amide bonds. The third-order valence-corrected chi connectivity index (χ3v) is 7.28. The summed E-state index contributed by atoms with van der Waals surface area (Å²) in [6.45, 7) is 4.08. The number of fused-ring (bicyclic) bond motifs is 1. The highest BCUT2D eigenvalue weighted by molar-refractivity contribution is 7.09. The van der Waals surface area contributed by atoms with Gasteiger partial charge < -0.3 is 10.6 Å². The second kappa shape index (κ2) is 9.84. The van der Waals surface area contributed by atoms with Gasteiger partial charge in [0, 0.05) is 59.6 Å². The zero-order valence-electron chi connectivity index (χ0n) is 19.7. The van der Waals surface area contributed by atoms with Crippen molar-refractivity contribution >= 4 is 34.0 Å². The van der Waals surface area contributed by atoms with Crippen LogP contribution in [0, 0.1) is 11.3 Å². The van der Waals surface area contributed by atoms with E-state index in [9.17, 15) is 4.79 Å². The zero-order chi connectivity index (χ0) is 24.4. The van der Waals surface area contributed by atoms with Gasteiger partial charge in [-0.15, -0.1) is 11.3 Å². The van der Waals surface area contributed by atoms with E-state index in [0.29, 0.717) is 28.5 Å². The largest absolute Gasteiger partial charge is 0.382 e. The first-order chi connectivity index (χ1) is 17.0. The Morgan fingerprint density at radius 1 is 1.17 bits per heavy atom. The number of hydrogen-bond acceptors (Lipinski definition) is 7. The van der Waals surface area contributed by atoms with Crippen molar-refractivity contribution in [1.82, 2.24) is 24.8 Å². The number of thiazole rings is 1. The average Bonchev–Trinajstić information content (AvgIpc) is 3.54. The highest BCUT2D eigenvalue weighted by atomic mass is 32.1. The summed E-state index contributed by atoms with van der Waals surface area (Å²) in [5.41, 5.74) is 2.48. The van der Waals surface area contributed by atoms with Crippen molar-refractivity contribution in [1.29, 1.82) is 5.26 Å². The molecule has 35 heavy (non-hydrogen) atoms. The smallest absolute Gasteiger partial charge is 0.255 e. The number of hydrogen-bond donors (Lipinski definition) is 2. The molecule has 0 unspecified atom stereocenters. The Morgan fingerprint density at radius 2 is 2.00 bits per heavy atom. The fourth-order valence-corrected chi connectivity index (χ4v) is 5.45. The fourth-order valence-electron chi connectivity index (χ4n) is 4.64. The Bertz CT molecular complexity index is 1380. The predicted molar refractivity (Wildman–Crippen MR) is 137 cm³/mol. The van der Waals surface area contributed by atoms with E-state index in [1.165, 1.54) is 5.01 Å². The number of aromatic nitrogens is 4. The molecule has 5 rings (SSSR count). The van der Waals surface area contributed by atoms with Crippen molar-refractivity contribution in [3.05, 3.63) is 64.5 Å². The van der Waals surface area contributed by atoms with Gasteiger partial charge in [-0.05, 0) is 51.7 Å². The van der Waals surface area contributed by atoms with Gasteiger partial charge in [0.15, 0.2) is 0 Å². The molecule has 0 bridgehead atoms. The van der Waals surface area contributed by atoms with Crippen molar-refractivity contribution in [2.45, 2.75) is 57.5 Å². The van der Waals surface area contributed by atoms with Crippen molar-refractivity contribution < 1.29 is 4.79 Å². The molecule has 4 aromatic heterocycles. The number of anilines is 1. The van der Waals surface area contributed by atoms with E-state index in [2.05, 4.69) is 31.7 Å². The summed E-state index contributed by atoms with van der Waals surface area (Å²) in [4.78, 5) is 26.7. The molecular formula is C26H27N7OS. The topological polar surface area (TPSA) is 109 Å². The first-order valence-corrected chi connectivity index (χ1v) is 12.7. The highest BCUT2D eigenvalue weighted by Crippen LogP contribution is 2.34. The summed E-state index contributed by atoms with van der Waals surface area (Å²) < 4.78 is 1.86. The minimum atomic E-state index is -0.112. The minimum absolute atomic E-state index is 0.112. The maximum absolute atomic E-state index is 13.3. The van der Waals surface area contributed by atoms with Crippen LogP contribution in [0.4, 0.5) is 5.69 Å². The third kappa shape index (κ3) is 4.88. The highest BCUT2D eigenvalue weighted by Gasteiger charge is 2.26. The summed E-state index contributed by atoms with van der Waals surface area (Å²) in [7, 11) is 0. The normalized spacial score (nSPS) is 17.9. The van der Waals surface area contributed by atoms with Gasteiger partial charge in [-0.25, -0.2) is 15.0 Å². The first kappa shape index (κ1) is 23.0. The van der Waals surface area contributed by atoms with Crippen LogP contribution in [0.1, 0.15) is 66.4 Å². The van der Waals surface area contributed by atoms with Crippen molar-refractivity contribution in [2.24, 2.45) is 0 Å². The lowest BCUT2D eigenvalue weighted by Crippen LogP contribution is -2.37. The van der Waals surface area contributed by atoms with Crippen molar-refractivity contribution in [2.75, 3.05) is 5.32 Å². The number of amides is 1. The molecular weight excluding hydrogens is 458 g/mol. The Kier molecular flexibility index (Phi) is 6.47. The Balaban J connectivity index is 1.35. The summed E-state index contributed by atoms with van der Waals surface area (Å²) >= 11 is 1.72. The van der Waals surface area contributed by atoms with Gasteiger partial charge in [-0.2, -0.15) is 5.26 Å². The fraction of sp³-hybridized carbons (Fsp3) is 0.346. The molecule has 0 radical (unpaired) electrons. The van der Waals surface area contributed by atoms with Crippen LogP contribution in [0.15, 0.2) is 48.4 Å². The number of carbonyl (C=O) groups excluding carboxylic acids is 1. The van der Waals surface area contributed by atoms with E-state index in [4.69, 9.17) is 5.26 Å². The van der Waals surface area contributed by atoms with Gasteiger partial charge >= 0.3 is 0 Å². The van der Waals surface area contributed by atoms with Crippen LogP contribution in [-0.4, -0.2) is 37.5 Å². The molecule has 1 aliphatic rings. The van der Waals surface area contributed by atoms with Crippen molar-refractivity contribution in [3.63, 3.8) is 0 Å². The molecule has 0 atom stereocenters. The second-order valence-corrected chi connectivity index (χ2v) is 10.1. The summed E-state index contributed by atoms with van der Waals surface area (Å²) in [5, 5.41) is 19.9. The van der Waals surface area contributed by atoms with E-state index < -0.39 is 0 Å². The van der Waals surface area contributed by atoms with E-state index in [0.717, 1.165) is 36.8 Å². The van der Waals surface area contributed by atoms with Gasteiger partial charge in [-0.1, -0.05) is 0 Å². The van der Waals surface area contributed by atoms with E-state index in [-0.39, 0.29) is 18.0 Å². The van der Waals surface area contributed by atoms with Crippen LogP contribution in [0.3, 0.4) is 0 Å². The number of nitrogens with one attached hydrogen (secondary N) is 2. The lowest BCUT2D eigenvalue weighted by Gasteiger charge is -2.28. The summed E-state index contributed by atoms with van der Waals surface area (Å²) in [5.74, 6) is 1.04. The van der Waals surface area contributed by atoms with Crippen LogP contribution < -0.4 is 10.6 Å². The second-order valence-electron chi connectivity index (χ2n) is 9.21. The Labute approximate surface area is 208 Å². The molecule has 0 spiro atoms. The van der Waals surface area contributed by atoms with Crippen molar-refractivity contribution in [3.8, 4) is 11.9 Å². The number of nitriles is 1.